The van der Waals surface area contributed by atoms with Gasteiger partial charge in [0.05, 0.1) is 20.3 Å². The molecule has 0 N–H and O–H groups in total. The Morgan fingerprint density at radius 3 is 2.18 bits per heavy atom. The smallest absolute Gasteiger partial charge is 0.330 e. The summed E-state index contributed by atoms with van der Waals surface area (Å²) in [7, 11) is 2.48. The lowest BCUT2D eigenvalue weighted by Gasteiger charge is -2.29. The third kappa shape index (κ3) is 2.22. The number of benzene rings is 1. The van der Waals surface area contributed by atoms with Crippen molar-refractivity contribution in [3.63, 3.8) is 0 Å². The molecule has 1 aromatic rings. The summed E-state index contributed by atoms with van der Waals surface area (Å²) in [4.78, 5) is 25.1. The average Bonchev–Trinajstić information content (AvgIpc) is 2.87. The first-order valence-electron chi connectivity index (χ1n) is 7.10. The van der Waals surface area contributed by atoms with Gasteiger partial charge in [0.1, 0.15) is 6.10 Å². The van der Waals surface area contributed by atoms with E-state index in [1.54, 1.807) is 12.1 Å². The van der Waals surface area contributed by atoms with Crippen LogP contribution in [0.25, 0.3) is 0 Å². The highest BCUT2D eigenvalue weighted by Crippen LogP contribution is 2.53. The molecule has 0 aliphatic carbocycles. The Balaban J connectivity index is 2.65. The molecule has 0 amide bonds. The zero-order chi connectivity index (χ0) is 16.3. The molecule has 0 radical (unpaired) electrons. The number of carbonyl (C=O) groups excluding carboxylic acids is 2. The van der Waals surface area contributed by atoms with Gasteiger partial charge in [0.25, 0.3) is 0 Å². The van der Waals surface area contributed by atoms with Gasteiger partial charge in [-0.2, -0.15) is 0 Å². The van der Waals surface area contributed by atoms with Crippen molar-refractivity contribution in [2.24, 2.45) is 5.41 Å². The predicted octanol–water partition coefficient (Wildman–Crippen LogP) is 2.43. The van der Waals surface area contributed by atoms with E-state index >= 15 is 0 Å². The topological polar surface area (TPSA) is 61.8 Å². The maximum atomic E-state index is 12.5. The van der Waals surface area contributed by atoms with Gasteiger partial charge in [-0.3, -0.25) is 9.59 Å². The van der Waals surface area contributed by atoms with Crippen molar-refractivity contribution < 1.29 is 23.8 Å². The third-order valence-electron chi connectivity index (χ3n) is 4.08. The van der Waals surface area contributed by atoms with Crippen LogP contribution in [0.3, 0.4) is 0 Å². The van der Waals surface area contributed by atoms with Gasteiger partial charge < -0.3 is 14.2 Å². The summed E-state index contributed by atoms with van der Waals surface area (Å²) in [5.41, 5.74) is -0.594. The fourth-order valence-electron chi connectivity index (χ4n) is 2.95. The number of esters is 2. The number of rotatable bonds is 4. The van der Waals surface area contributed by atoms with E-state index in [9.17, 15) is 9.59 Å². The van der Waals surface area contributed by atoms with Crippen LogP contribution in [-0.2, 0) is 23.8 Å². The molecule has 0 aromatic heterocycles. The molecule has 5 heteroatoms. The van der Waals surface area contributed by atoms with Crippen molar-refractivity contribution in [3.8, 4) is 0 Å². The highest BCUT2D eigenvalue weighted by Gasteiger charge is 2.64. The van der Waals surface area contributed by atoms with E-state index in [4.69, 9.17) is 14.2 Å². The van der Waals surface area contributed by atoms with Gasteiger partial charge in [-0.1, -0.05) is 43.8 Å². The Morgan fingerprint density at radius 2 is 1.73 bits per heavy atom. The minimum atomic E-state index is -1.68. The second-order valence-electron chi connectivity index (χ2n) is 5.14. The van der Waals surface area contributed by atoms with Crippen LogP contribution in [0.5, 0.6) is 0 Å². The van der Waals surface area contributed by atoms with Crippen molar-refractivity contribution in [1.29, 1.82) is 0 Å². The van der Waals surface area contributed by atoms with Crippen LogP contribution < -0.4 is 0 Å². The fraction of sp³-hybridized carbons (Fsp3) is 0.412. The average molecular weight is 304 g/mol. The van der Waals surface area contributed by atoms with Crippen molar-refractivity contribution in [1.82, 2.24) is 0 Å². The number of hydrogen-bond acceptors (Lipinski definition) is 5. The Labute approximate surface area is 129 Å². The molecule has 2 rings (SSSR count). The molecule has 0 spiro atoms. The molecule has 118 valence electrons. The summed E-state index contributed by atoms with van der Waals surface area (Å²) in [6.45, 7) is 5.85. The van der Waals surface area contributed by atoms with E-state index in [0.717, 1.165) is 0 Å². The van der Waals surface area contributed by atoms with Gasteiger partial charge in [0.15, 0.2) is 0 Å². The lowest BCUT2D eigenvalue weighted by Crippen LogP contribution is -2.45. The fourth-order valence-corrected chi connectivity index (χ4v) is 2.95. The van der Waals surface area contributed by atoms with Gasteiger partial charge in [-0.25, -0.2) is 0 Å². The lowest BCUT2D eigenvalue weighted by molar-refractivity contribution is -0.171. The molecule has 22 heavy (non-hydrogen) atoms. The largest absolute Gasteiger partial charge is 0.468 e. The van der Waals surface area contributed by atoms with Gasteiger partial charge in [-0.15, -0.1) is 0 Å². The molecule has 1 saturated heterocycles. The number of carbonyl (C=O) groups is 2. The molecule has 0 bridgehead atoms. The van der Waals surface area contributed by atoms with Crippen LogP contribution in [-0.4, -0.2) is 32.3 Å². The zero-order valence-corrected chi connectivity index (χ0v) is 13.0. The van der Waals surface area contributed by atoms with E-state index in [1.807, 2.05) is 25.1 Å². The number of hydrogen-bond donors (Lipinski definition) is 0. The van der Waals surface area contributed by atoms with Gasteiger partial charge in [-0.05, 0) is 17.6 Å². The van der Waals surface area contributed by atoms with Crippen LogP contribution in [0.15, 0.2) is 42.5 Å². The van der Waals surface area contributed by atoms with Gasteiger partial charge in [0.2, 0.25) is 5.41 Å². The quantitative estimate of drug-likeness (QED) is 0.486. The molecule has 0 saturated carbocycles. The minimum Gasteiger partial charge on any atom is -0.468 e. The van der Waals surface area contributed by atoms with Crippen LogP contribution in [0.1, 0.15) is 25.0 Å². The Morgan fingerprint density at radius 1 is 1.18 bits per heavy atom. The first-order valence-corrected chi connectivity index (χ1v) is 7.10. The molecular weight excluding hydrogens is 284 g/mol. The van der Waals surface area contributed by atoms with Crippen LogP contribution in [0.2, 0.25) is 0 Å². The first kappa shape index (κ1) is 16.2. The second kappa shape index (κ2) is 6.32. The van der Waals surface area contributed by atoms with Gasteiger partial charge in [0, 0.05) is 0 Å². The highest BCUT2D eigenvalue weighted by molar-refractivity contribution is 6.05. The monoisotopic (exact) mass is 304 g/mol. The number of methoxy groups -OCH3 is 2. The van der Waals surface area contributed by atoms with Crippen LogP contribution in [0, 0.1) is 5.41 Å². The van der Waals surface area contributed by atoms with Crippen molar-refractivity contribution in [2.45, 2.75) is 25.6 Å². The predicted molar refractivity (Wildman–Crippen MR) is 80.0 cm³/mol. The summed E-state index contributed by atoms with van der Waals surface area (Å²) < 4.78 is 15.8. The molecular formula is C17H20O5. The normalized spacial score (nSPS) is 23.1. The first-order chi connectivity index (χ1) is 10.5. The van der Waals surface area contributed by atoms with Crippen molar-refractivity contribution in [2.75, 3.05) is 14.2 Å². The summed E-state index contributed by atoms with van der Waals surface area (Å²) >= 11 is 0. The maximum absolute atomic E-state index is 12.5. The Kier molecular flexibility index (Phi) is 4.66. The summed E-state index contributed by atoms with van der Waals surface area (Å²) in [6.07, 6.45) is -0.632. The molecule has 1 fully saturated rings. The Hall–Kier alpha value is -2.14. The standard InChI is InChI=1S/C17H20O5/c1-5-13-11(2)17(15(18)20-3,16(19)21-4)14(22-13)12-9-7-6-8-10-12/h6-10,13-14H,2,5H2,1,3-4H3. The molecule has 1 heterocycles. The second-order valence-corrected chi connectivity index (χ2v) is 5.14. The zero-order valence-electron chi connectivity index (χ0n) is 13.0. The van der Waals surface area contributed by atoms with Crippen molar-refractivity contribution >= 4 is 11.9 Å². The molecule has 1 aliphatic heterocycles. The van der Waals surface area contributed by atoms with E-state index in [2.05, 4.69) is 6.58 Å². The summed E-state index contributed by atoms with van der Waals surface area (Å²) in [5.74, 6) is -1.43. The van der Waals surface area contributed by atoms with E-state index in [-0.39, 0.29) is 0 Å². The Bertz CT molecular complexity index is 562. The molecule has 2 unspecified atom stereocenters. The summed E-state index contributed by atoms with van der Waals surface area (Å²) in [5, 5.41) is 0. The van der Waals surface area contributed by atoms with Crippen LogP contribution >= 0.6 is 0 Å². The number of ether oxygens (including phenoxy) is 3. The molecule has 1 aliphatic rings. The highest BCUT2D eigenvalue weighted by atomic mass is 16.6. The lowest BCUT2D eigenvalue weighted by atomic mass is 9.73. The van der Waals surface area contributed by atoms with E-state index < -0.39 is 29.6 Å². The van der Waals surface area contributed by atoms with Crippen molar-refractivity contribution in [3.05, 3.63) is 48.0 Å². The van der Waals surface area contributed by atoms with Gasteiger partial charge >= 0.3 is 11.9 Å². The SMILES string of the molecule is C=C1C(CC)OC(c2ccccc2)C1(C(=O)OC)C(=O)OC. The molecule has 2 atom stereocenters. The third-order valence-corrected chi connectivity index (χ3v) is 4.08. The van der Waals surface area contributed by atoms with E-state index in [0.29, 0.717) is 17.6 Å². The minimum absolute atomic E-state index is 0.377. The summed E-state index contributed by atoms with van der Waals surface area (Å²) in [6, 6.07) is 9.09. The maximum Gasteiger partial charge on any atom is 0.330 e. The molecule has 1 aromatic carbocycles. The van der Waals surface area contributed by atoms with E-state index in [1.165, 1.54) is 14.2 Å². The van der Waals surface area contributed by atoms with Crippen LogP contribution in [0.4, 0.5) is 0 Å². The molecule has 5 nitrogen and oxygen atoms in total.